The summed E-state index contributed by atoms with van der Waals surface area (Å²) in [5.74, 6) is -2.25. The molecule has 2 unspecified atom stereocenters. The maximum atomic E-state index is 13.1. The van der Waals surface area contributed by atoms with Crippen LogP contribution in [0.4, 0.5) is 0 Å². The van der Waals surface area contributed by atoms with Crippen molar-refractivity contribution in [3.63, 3.8) is 0 Å². The molecular weight excluding hydrogens is 1330 g/mol. The maximum absolute atomic E-state index is 13.1. The van der Waals surface area contributed by atoms with E-state index in [1.807, 2.05) is 12.2 Å². The molecule has 0 aromatic heterocycles. The number of phosphoric ester groups is 2. The lowest BCUT2D eigenvalue weighted by molar-refractivity contribution is -0.161. The van der Waals surface area contributed by atoms with Gasteiger partial charge in [0.2, 0.25) is 0 Å². The molecule has 102 heavy (non-hydrogen) atoms. The van der Waals surface area contributed by atoms with Gasteiger partial charge in [-0.25, -0.2) is 9.13 Å². The lowest BCUT2D eigenvalue weighted by Gasteiger charge is -2.21. The van der Waals surface area contributed by atoms with Crippen LogP contribution in [0.5, 0.6) is 0 Å². The van der Waals surface area contributed by atoms with E-state index in [1.165, 1.54) is 122 Å². The molecule has 0 radical (unpaired) electrons. The number of carbonyl (C=O) groups is 4. The maximum Gasteiger partial charge on any atom is 0.472 e. The van der Waals surface area contributed by atoms with E-state index < -0.39 is 97.5 Å². The number of ether oxygens (including phenoxy) is 4. The van der Waals surface area contributed by atoms with Crippen molar-refractivity contribution in [2.24, 2.45) is 0 Å². The Bertz CT molecular complexity index is 2310. The predicted molar refractivity (Wildman–Crippen MR) is 418 cm³/mol. The Kier molecular flexibility index (Phi) is 72.3. The number of hydrogen-bond donors (Lipinski definition) is 3. The quantitative estimate of drug-likeness (QED) is 0.0169. The van der Waals surface area contributed by atoms with Gasteiger partial charge in [-0.3, -0.25) is 37.3 Å². The average Bonchev–Trinajstić information content (AvgIpc) is 0.923. The lowest BCUT2D eigenvalue weighted by atomic mass is 10.0. The van der Waals surface area contributed by atoms with E-state index in [2.05, 4.69) is 113 Å². The minimum absolute atomic E-state index is 0.0753. The van der Waals surface area contributed by atoms with Crippen LogP contribution in [0.1, 0.15) is 349 Å². The number of rotatable bonds is 76. The SMILES string of the molecule is CCCCC/C=C\C/C=C\C/C=C\C/C=C\CCCC(=O)OC[C@H](COP(=O)(O)OC[C@@H](O)COP(=O)(O)OC[C@@H](COC(=O)CCCCCCC/C=C\C/C=C\CCCCC)OC(=O)CCCCCCC/C=C\C/C=C\CCCCC)OC(=O)CCCCCCCCCCCCCCCCC. The van der Waals surface area contributed by atoms with Crippen molar-refractivity contribution < 1.29 is 80.2 Å². The Morgan fingerprint density at radius 2 is 0.490 bits per heavy atom. The number of hydrogen-bond acceptors (Lipinski definition) is 15. The molecular formula is C83H146O17P2. The van der Waals surface area contributed by atoms with Crippen LogP contribution in [0.15, 0.2) is 97.2 Å². The van der Waals surface area contributed by atoms with E-state index in [4.69, 9.17) is 37.0 Å². The minimum Gasteiger partial charge on any atom is -0.462 e. The van der Waals surface area contributed by atoms with Crippen LogP contribution < -0.4 is 0 Å². The molecule has 0 rings (SSSR count). The van der Waals surface area contributed by atoms with Gasteiger partial charge in [0.15, 0.2) is 12.2 Å². The standard InChI is InChI=1S/C83H146O17P2/c1-5-9-13-17-21-25-29-33-37-38-42-44-48-52-56-60-64-68-81(86)94-74-79(100-83(88)70-66-62-58-54-50-46-41-36-32-28-24-20-16-12-8-4)76-98-102(91,92)96-72-77(84)71-95-101(89,90)97-75-78(99-82(87)69-65-61-57-53-49-45-40-35-31-27-23-19-15-11-7-3)73-93-80(85)67-63-59-55-51-47-43-39-34-30-26-22-18-14-10-6-2/h21-23,25-27,33-35,37,39-40,42,44,52,56,77-79,84H,5-20,24,28-32,36,38,41,43,45-51,53-55,57-76H2,1-4H3,(H,89,90)(H,91,92)/b25-21-,26-22-,27-23-,37-33-,39-34-,40-35-,44-42-,56-52-/t77-,78+,79+/m0/s1. The van der Waals surface area contributed by atoms with Gasteiger partial charge < -0.3 is 33.8 Å². The number of esters is 4. The molecule has 0 aliphatic carbocycles. The molecule has 0 saturated carbocycles. The molecule has 0 aromatic carbocycles. The van der Waals surface area contributed by atoms with Gasteiger partial charge in [0.05, 0.1) is 26.4 Å². The third-order valence-corrected chi connectivity index (χ3v) is 18.9. The fraction of sp³-hybridized carbons (Fsp3) is 0.759. The van der Waals surface area contributed by atoms with Crippen LogP contribution in [0.2, 0.25) is 0 Å². The highest BCUT2D eigenvalue weighted by Crippen LogP contribution is 2.45. The zero-order chi connectivity index (χ0) is 74.6. The monoisotopic (exact) mass is 1480 g/mol. The largest absolute Gasteiger partial charge is 0.472 e. The van der Waals surface area contributed by atoms with Crippen LogP contribution in [0, 0.1) is 0 Å². The summed E-state index contributed by atoms with van der Waals surface area (Å²) in [6.45, 7) is 4.75. The van der Waals surface area contributed by atoms with Gasteiger partial charge >= 0.3 is 39.5 Å². The molecule has 0 aromatic rings. The molecule has 590 valence electrons. The van der Waals surface area contributed by atoms with E-state index in [0.717, 1.165) is 141 Å². The summed E-state index contributed by atoms with van der Waals surface area (Å²) in [5.41, 5.74) is 0. The zero-order valence-electron chi connectivity index (χ0n) is 64.5. The third-order valence-electron chi connectivity index (χ3n) is 17.0. The van der Waals surface area contributed by atoms with E-state index in [1.54, 1.807) is 0 Å². The van der Waals surface area contributed by atoms with Crippen LogP contribution in [-0.4, -0.2) is 96.7 Å². The Labute approximate surface area is 620 Å². The highest BCUT2D eigenvalue weighted by atomic mass is 31.2. The fourth-order valence-electron chi connectivity index (χ4n) is 10.8. The van der Waals surface area contributed by atoms with Crippen LogP contribution in [-0.2, 0) is 65.4 Å². The Hall–Kier alpha value is -4.02. The van der Waals surface area contributed by atoms with E-state index in [9.17, 15) is 43.2 Å². The molecule has 19 heteroatoms. The van der Waals surface area contributed by atoms with E-state index >= 15 is 0 Å². The Morgan fingerprint density at radius 1 is 0.275 bits per heavy atom. The number of unbranched alkanes of at least 4 members (excludes halogenated alkanes) is 34. The van der Waals surface area contributed by atoms with Gasteiger partial charge in [-0.1, -0.05) is 292 Å². The number of phosphoric acid groups is 2. The van der Waals surface area contributed by atoms with Crippen LogP contribution in [0.3, 0.4) is 0 Å². The summed E-state index contributed by atoms with van der Waals surface area (Å²) < 4.78 is 68.6. The molecule has 0 amide bonds. The van der Waals surface area contributed by atoms with Gasteiger partial charge in [-0.2, -0.15) is 0 Å². The highest BCUT2D eigenvalue weighted by Gasteiger charge is 2.30. The van der Waals surface area contributed by atoms with Crippen molar-refractivity contribution in [3.8, 4) is 0 Å². The molecule has 17 nitrogen and oxygen atoms in total. The van der Waals surface area contributed by atoms with Crippen molar-refractivity contribution in [1.82, 2.24) is 0 Å². The summed E-state index contributed by atoms with van der Waals surface area (Å²) in [6, 6.07) is 0. The van der Waals surface area contributed by atoms with Gasteiger partial charge in [-0.05, 0) is 128 Å². The minimum atomic E-state index is -4.99. The van der Waals surface area contributed by atoms with Gasteiger partial charge in [0.1, 0.15) is 19.3 Å². The zero-order valence-corrected chi connectivity index (χ0v) is 66.3. The molecule has 0 saturated heterocycles. The molecule has 0 spiro atoms. The molecule has 5 atom stereocenters. The van der Waals surface area contributed by atoms with Crippen molar-refractivity contribution in [2.45, 2.75) is 367 Å². The van der Waals surface area contributed by atoms with E-state index in [-0.39, 0.29) is 25.7 Å². The lowest BCUT2D eigenvalue weighted by Crippen LogP contribution is -2.30. The summed E-state index contributed by atoms with van der Waals surface area (Å²) in [6.07, 6.45) is 79.5. The summed E-state index contributed by atoms with van der Waals surface area (Å²) in [7, 11) is -9.97. The molecule has 0 aliphatic heterocycles. The molecule has 0 bridgehead atoms. The van der Waals surface area contributed by atoms with Gasteiger partial charge in [0.25, 0.3) is 0 Å². The van der Waals surface area contributed by atoms with Gasteiger partial charge in [0, 0.05) is 25.7 Å². The number of allylic oxidation sites excluding steroid dienone is 16. The van der Waals surface area contributed by atoms with Crippen molar-refractivity contribution in [2.75, 3.05) is 39.6 Å². The number of carbonyl (C=O) groups excluding carboxylic acids is 4. The summed E-state index contributed by atoms with van der Waals surface area (Å²) >= 11 is 0. The Morgan fingerprint density at radius 3 is 0.794 bits per heavy atom. The second kappa shape index (κ2) is 75.2. The first-order chi connectivity index (χ1) is 49.7. The van der Waals surface area contributed by atoms with Crippen molar-refractivity contribution in [1.29, 1.82) is 0 Å². The second-order valence-corrected chi connectivity index (χ2v) is 29.9. The average molecular weight is 1480 g/mol. The topological polar surface area (TPSA) is 237 Å². The van der Waals surface area contributed by atoms with Gasteiger partial charge in [-0.15, -0.1) is 0 Å². The first kappa shape index (κ1) is 98.0. The predicted octanol–water partition coefficient (Wildman–Crippen LogP) is 23.6. The van der Waals surface area contributed by atoms with Crippen molar-refractivity contribution >= 4 is 39.5 Å². The number of aliphatic hydroxyl groups is 1. The third kappa shape index (κ3) is 74.3. The first-order valence-electron chi connectivity index (χ1n) is 40.5. The van der Waals surface area contributed by atoms with Crippen LogP contribution >= 0.6 is 15.6 Å². The summed E-state index contributed by atoms with van der Waals surface area (Å²) in [4.78, 5) is 73.0. The number of aliphatic hydroxyl groups excluding tert-OH is 1. The molecule has 0 aliphatic rings. The summed E-state index contributed by atoms with van der Waals surface area (Å²) in [5, 5.41) is 10.6. The molecule has 0 fully saturated rings. The molecule has 3 N–H and O–H groups in total. The molecule has 0 heterocycles. The van der Waals surface area contributed by atoms with Crippen molar-refractivity contribution in [3.05, 3.63) is 97.2 Å². The normalized spacial score (nSPS) is 14.4. The second-order valence-electron chi connectivity index (χ2n) is 27.0. The Balaban J connectivity index is 5.41. The first-order valence-corrected chi connectivity index (χ1v) is 43.5. The fourth-order valence-corrected chi connectivity index (χ4v) is 12.4. The van der Waals surface area contributed by atoms with Crippen LogP contribution in [0.25, 0.3) is 0 Å². The highest BCUT2D eigenvalue weighted by molar-refractivity contribution is 7.47. The smallest absolute Gasteiger partial charge is 0.462 e. The van der Waals surface area contributed by atoms with E-state index in [0.29, 0.717) is 32.1 Å².